The lowest BCUT2D eigenvalue weighted by Crippen LogP contribution is -2.29. The van der Waals surface area contributed by atoms with Gasteiger partial charge in [0.15, 0.2) is 5.66 Å². The van der Waals surface area contributed by atoms with Crippen molar-refractivity contribution in [2.24, 2.45) is 5.92 Å². The minimum Gasteiger partial charge on any atom is -0.461 e. The quantitative estimate of drug-likeness (QED) is 0.570. The number of carbonyl (C=O) groups excluding carboxylic acids is 1. The van der Waals surface area contributed by atoms with Crippen LogP contribution >= 0.6 is 7.60 Å². The summed E-state index contributed by atoms with van der Waals surface area (Å²) in [4.78, 5) is 12.0. The Balaban J connectivity index is 2.22. The van der Waals surface area contributed by atoms with Gasteiger partial charge in [0, 0.05) is 5.92 Å². The van der Waals surface area contributed by atoms with Crippen LogP contribution in [-0.4, -0.2) is 30.9 Å². The first-order chi connectivity index (χ1) is 8.62. The zero-order valence-electron chi connectivity index (χ0n) is 11.0. The number of esters is 1. The Morgan fingerprint density at radius 1 is 1.22 bits per heavy atom. The predicted octanol–water partition coefficient (Wildman–Crippen LogP) is 2.74. The van der Waals surface area contributed by atoms with Gasteiger partial charge in [-0.05, 0) is 33.1 Å². The van der Waals surface area contributed by atoms with Gasteiger partial charge in [0.2, 0.25) is 0 Å². The molecule has 6 heteroatoms. The van der Waals surface area contributed by atoms with Gasteiger partial charge in [0.1, 0.15) is 6.10 Å². The van der Waals surface area contributed by atoms with Crippen molar-refractivity contribution in [2.45, 2.75) is 51.3 Å². The van der Waals surface area contributed by atoms with E-state index in [9.17, 15) is 9.36 Å². The molecule has 2 fully saturated rings. The van der Waals surface area contributed by atoms with Crippen LogP contribution in [-0.2, 0) is 23.1 Å². The van der Waals surface area contributed by atoms with Crippen molar-refractivity contribution in [2.75, 3.05) is 13.2 Å². The van der Waals surface area contributed by atoms with E-state index in [2.05, 4.69) is 0 Å². The van der Waals surface area contributed by atoms with Gasteiger partial charge in [-0.3, -0.25) is 9.36 Å². The third kappa shape index (κ3) is 2.49. The van der Waals surface area contributed by atoms with Gasteiger partial charge in [-0.25, -0.2) is 0 Å². The van der Waals surface area contributed by atoms with Crippen molar-refractivity contribution in [1.29, 1.82) is 0 Å². The molecule has 2 aliphatic rings. The summed E-state index contributed by atoms with van der Waals surface area (Å²) in [5, 5.41) is 0. The molecule has 0 aromatic heterocycles. The summed E-state index contributed by atoms with van der Waals surface area (Å²) >= 11 is 0. The fourth-order valence-electron chi connectivity index (χ4n) is 2.95. The van der Waals surface area contributed by atoms with Crippen LogP contribution in [0, 0.1) is 5.92 Å². The molecule has 104 valence electrons. The molecule has 1 aliphatic carbocycles. The maximum absolute atomic E-state index is 12.7. The van der Waals surface area contributed by atoms with E-state index in [4.69, 9.17) is 13.8 Å². The number of ether oxygens (including phenoxy) is 1. The molecular weight excluding hydrogens is 255 g/mol. The molecule has 3 atom stereocenters. The first-order valence-corrected chi connectivity index (χ1v) is 8.33. The van der Waals surface area contributed by atoms with Gasteiger partial charge in [-0.2, -0.15) is 0 Å². The van der Waals surface area contributed by atoms with Crippen LogP contribution in [0.25, 0.3) is 0 Å². The number of rotatable bonds is 5. The first-order valence-electron chi connectivity index (χ1n) is 6.71. The lowest BCUT2D eigenvalue weighted by Gasteiger charge is -2.28. The zero-order valence-corrected chi connectivity index (χ0v) is 11.9. The van der Waals surface area contributed by atoms with Crippen molar-refractivity contribution in [3.8, 4) is 0 Å². The number of carbonyl (C=O) groups is 1. The molecule has 1 heterocycles. The molecule has 0 amide bonds. The molecule has 0 spiro atoms. The third-order valence-corrected chi connectivity index (χ3v) is 6.14. The lowest BCUT2D eigenvalue weighted by molar-refractivity contribution is -0.141. The Bertz CT molecular complexity index is 346. The largest absolute Gasteiger partial charge is 0.461 e. The van der Waals surface area contributed by atoms with E-state index in [1.165, 1.54) is 0 Å². The maximum atomic E-state index is 12.7. The lowest BCUT2D eigenvalue weighted by atomic mass is 9.86. The van der Waals surface area contributed by atoms with Crippen LogP contribution < -0.4 is 0 Å². The predicted molar refractivity (Wildman–Crippen MR) is 66.5 cm³/mol. The van der Waals surface area contributed by atoms with Crippen molar-refractivity contribution in [3.63, 3.8) is 0 Å². The molecule has 1 saturated heterocycles. The summed E-state index contributed by atoms with van der Waals surface area (Å²) in [5.41, 5.74) is -0.720. The number of hydrogen-bond donors (Lipinski definition) is 0. The molecule has 1 unspecified atom stereocenters. The number of hydrogen-bond acceptors (Lipinski definition) is 5. The molecule has 1 aliphatic heterocycles. The van der Waals surface area contributed by atoms with Crippen LogP contribution in [0.4, 0.5) is 0 Å². The van der Waals surface area contributed by atoms with Crippen molar-refractivity contribution in [3.05, 3.63) is 0 Å². The van der Waals surface area contributed by atoms with E-state index >= 15 is 0 Å². The zero-order chi connectivity index (χ0) is 13.2. The fourth-order valence-corrected chi connectivity index (χ4v) is 5.19. The second kappa shape index (κ2) is 5.72. The first kappa shape index (κ1) is 14.0. The highest BCUT2D eigenvalue weighted by atomic mass is 31.2. The van der Waals surface area contributed by atoms with E-state index < -0.39 is 19.2 Å². The molecule has 18 heavy (non-hydrogen) atoms. The maximum Gasteiger partial charge on any atom is 0.345 e. The SMILES string of the molecule is CCOP(=O)(OCC)C1C(=O)O[C@H]2CCCC[C@@H]12. The Kier molecular flexibility index (Phi) is 4.46. The van der Waals surface area contributed by atoms with Crippen molar-refractivity contribution >= 4 is 13.6 Å². The summed E-state index contributed by atoms with van der Waals surface area (Å²) in [5.74, 6) is -0.410. The van der Waals surface area contributed by atoms with Crippen LogP contribution in [0.1, 0.15) is 39.5 Å². The second-order valence-corrected chi connectivity index (χ2v) is 6.90. The van der Waals surface area contributed by atoms with E-state index in [0.29, 0.717) is 0 Å². The normalized spacial score (nSPS) is 32.1. The molecular formula is C12H21O5P. The van der Waals surface area contributed by atoms with Gasteiger partial charge < -0.3 is 13.8 Å². The Labute approximate surface area is 108 Å². The Morgan fingerprint density at radius 3 is 2.44 bits per heavy atom. The van der Waals surface area contributed by atoms with Crippen LogP contribution in [0.2, 0.25) is 0 Å². The average Bonchev–Trinajstić information content (AvgIpc) is 2.66. The molecule has 0 aromatic rings. The minimum absolute atomic E-state index is 0.00446. The van der Waals surface area contributed by atoms with Crippen LogP contribution in [0.5, 0.6) is 0 Å². The third-order valence-electron chi connectivity index (χ3n) is 3.63. The standard InChI is InChI=1S/C12H21O5P/c1-3-15-18(14,16-4-2)11-9-7-5-6-8-10(9)17-12(11)13/h9-11H,3-8H2,1-2H3/t9-,10+,11?/m1/s1. The Hall–Kier alpha value is -0.380. The van der Waals surface area contributed by atoms with Gasteiger partial charge in [-0.15, -0.1) is 0 Å². The topological polar surface area (TPSA) is 61.8 Å². The van der Waals surface area contributed by atoms with Gasteiger partial charge >= 0.3 is 13.6 Å². The van der Waals surface area contributed by atoms with Crippen molar-refractivity contribution in [1.82, 2.24) is 0 Å². The van der Waals surface area contributed by atoms with E-state index in [1.807, 2.05) is 0 Å². The highest BCUT2D eigenvalue weighted by Gasteiger charge is 2.56. The molecule has 2 rings (SSSR count). The van der Waals surface area contributed by atoms with E-state index in [0.717, 1.165) is 25.7 Å². The van der Waals surface area contributed by atoms with Gasteiger partial charge in [-0.1, -0.05) is 6.42 Å². The van der Waals surface area contributed by atoms with Crippen LogP contribution in [0.15, 0.2) is 0 Å². The molecule has 0 N–H and O–H groups in total. The molecule has 0 bridgehead atoms. The molecule has 0 aromatic carbocycles. The fraction of sp³-hybridized carbons (Fsp3) is 0.917. The second-order valence-electron chi connectivity index (χ2n) is 4.74. The average molecular weight is 276 g/mol. The van der Waals surface area contributed by atoms with Gasteiger partial charge in [0.25, 0.3) is 0 Å². The van der Waals surface area contributed by atoms with Gasteiger partial charge in [0.05, 0.1) is 13.2 Å². The molecule has 0 radical (unpaired) electrons. The summed E-state index contributed by atoms with van der Waals surface area (Å²) in [7, 11) is -3.39. The molecule has 1 saturated carbocycles. The summed E-state index contributed by atoms with van der Waals surface area (Å²) < 4.78 is 28.7. The molecule has 5 nitrogen and oxygen atoms in total. The van der Waals surface area contributed by atoms with Crippen molar-refractivity contribution < 1.29 is 23.1 Å². The smallest absolute Gasteiger partial charge is 0.345 e. The van der Waals surface area contributed by atoms with E-state index in [-0.39, 0.29) is 25.2 Å². The Morgan fingerprint density at radius 2 is 1.83 bits per heavy atom. The number of fused-ring (bicyclic) bond motifs is 1. The van der Waals surface area contributed by atoms with E-state index in [1.54, 1.807) is 13.8 Å². The monoisotopic (exact) mass is 276 g/mol. The summed E-state index contributed by atoms with van der Waals surface area (Å²) in [6, 6.07) is 0. The summed E-state index contributed by atoms with van der Waals surface area (Å²) in [6.07, 6.45) is 3.75. The highest BCUT2D eigenvalue weighted by Crippen LogP contribution is 2.60. The summed E-state index contributed by atoms with van der Waals surface area (Å²) in [6.45, 7) is 4.06. The van der Waals surface area contributed by atoms with Crippen LogP contribution in [0.3, 0.4) is 0 Å². The highest BCUT2D eigenvalue weighted by molar-refractivity contribution is 7.55. The minimum atomic E-state index is -3.39.